The van der Waals surface area contributed by atoms with Crippen LogP contribution in [0.3, 0.4) is 0 Å². The Kier molecular flexibility index (Phi) is 3.11. The van der Waals surface area contributed by atoms with Crippen LogP contribution in [0.5, 0.6) is 0 Å². The Morgan fingerprint density at radius 2 is 2.26 bits per heavy atom. The normalized spacial score (nSPS) is 21.9. The smallest absolute Gasteiger partial charge is 0.314 e. The van der Waals surface area contributed by atoms with Gasteiger partial charge in [-0.25, -0.2) is 4.98 Å². The molecule has 1 atom stereocenters. The van der Waals surface area contributed by atoms with Crippen molar-refractivity contribution in [3.05, 3.63) is 52.0 Å². The summed E-state index contributed by atoms with van der Waals surface area (Å²) in [6.45, 7) is 0. The molecule has 3 nitrogen and oxygen atoms in total. The van der Waals surface area contributed by atoms with Crippen LogP contribution in [0.25, 0.3) is 0 Å². The number of aliphatic carboxylic acids is 1. The second-order valence-corrected chi connectivity index (χ2v) is 5.77. The largest absolute Gasteiger partial charge is 0.481 e. The highest BCUT2D eigenvalue weighted by Gasteiger charge is 2.43. The van der Waals surface area contributed by atoms with E-state index in [9.17, 15) is 9.90 Å². The lowest BCUT2D eigenvalue weighted by Gasteiger charge is -2.35. The molecule has 0 fully saturated rings. The summed E-state index contributed by atoms with van der Waals surface area (Å²) >= 11 is 1.52. The van der Waals surface area contributed by atoms with Gasteiger partial charge in [0.05, 0.1) is 16.6 Å². The second-order valence-electron chi connectivity index (χ2n) is 5.05. The second kappa shape index (κ2) is 4.78. The van der Waals surface area contributed by atoms with Gasteiger partial charge in [0.2, 0.25) is 0 Å². The van der Waals surface area contributed by atoms with Gasteiger partial charge in [-0.3, -0.25) is 4.79 Å². The van der Waals surface area contributed by atoms with Crippen molar-refractivity contribution in [1.82, 2.24) is 4.98 Å². The van der Waals surface area contributed by atoms with E-state index in [4.69, 9.17) is 0 Å². The molecule has 0 amide bonds. The Bertz CT molecular complexity index is 594. The summed E-state index contributed by atoms with van der Waals surface area (Å²) in [6.07, 6.45) is 3.08. The highest BCUT2D eigenvalue weighted by Crippen LogP contribution is 2.40. The average Bonchev–Trinajstić information content (AvgIpc) is 2.91. The van der Waals surface area contributed by atoms with Gasteiger partial charge in [-0.2, -0.15) is 0 Å². The van der Waals surface area contributed by atoms with Crippen LogP contribution in [0, 0.1) is 0 Å². The topological polar surface area (TPSA) is 50.2 Å². The van der Waals surface area contributed by atoms with Gasteiger partial charge < -0.3 is 5.11 Å². The van der Waals surface area contributed by atoms with Crippen molar-refractivity contribution in [1.29, 1.82) is 0 Å². The number of fused-ring (bicyclic) bond motifs is 1. The first kappa shape index (κ1) is 12.4. The highest BCUT2D eigenvalue weighted by molar-refractivity contribution is 7.07. The number of aromatic nitrogens is 1. The predicted molar refractivity (Wildman–Crippen MR) is 74.5 cm³/mol. The fraction of sp³-hybridized carbons (Fsp3) is 0.333. The van der Waals surface area contributed by atoms with Crippen LogP contribution in [-0.2, 0) is 23.1 Å². The van der Waals surface area contributed by atoms with Crippen molar-refractivity contribution in [2.24, 2.45) is 0 Å². The Morgan fingerprint density at radius 3 is 3.00 bits per heavy atom. The van der Waals surface area contributed by atoms with Gasteiger partial charge in [0.1, 0.15) is 0 Å². The van der Waals surface area contributed by atoms with Gasteiger partial charge in [0, 0.05) is 11.8 Å². The maximum Gasteiger partial charge on any atom is 0.314 e. The summed E-state index contributed by atoms with van der Waals surface area (Å²) < 4.78 is 0. The van der Waals surface area contributed by atoms with Crippen LogP contribution in [0.15, 0.2) is 35.2 Å². The van der Waals surface area contributed by atoms with Crippen molar-refractivity contribution in [2.45, 2.75) is 31.1 Å². The minimum Gasteiger partial charge on any atom is -0.481 e. The number of aryl methyl sites for hydroxylation is 1. The molecule has 1 N–H and O–H groups in total. The maximum absolute atomic E-state index is 11.9. The third kappa shape index (κ3) is 2.06. The number of nitrogens with zero attached hydrogens (tertiary/aromatic N) is 1. The highest BCUT2D eigenvalue weighted by atomic mass is 32.1. The van der Waals surface area contributed by atoms with Gasteiger partial charge in [-0.05, 0) is 30.4 Å². The molecule has 1 aromatic carbocycles. The van der Waals surface area contributed by atoms with E-state index in [0.29, 0.717) is 12.8 Å². The quantitative estimate of drug-likeness (QED) is 0.935. The van der Waals surface area contributed by atoms with E-state index in [2.05, 4.69) is 4.98 Å². The van der Waals surface area contributed by atoms with Crippen molar-refractivity contribution < 1.29 is 9.90 Å². The van der Waals surface area contributed by atoms with Gasteiger partial charge in [-0.1, -0.05) is 24.3 Å². The van der Waals surface area contributed by atoms with Crippen LogP contribution in [0.4, 0.5) is 0 Å². The van der Waals surface area contributed by atoms with E-state index in [1.165, 1.54) is 16.9 Å². The van der Waals surface area contributed by atoms with Gasteiger partial charge in [0.15, 0.2) is 0 Å². The van der Waals surface area contributed by atoms with Crippen LogP contribution >= 0.6 is 11.3 Å². The first-order chi connectivity index (χ1) is 9.22. The molecule has 1 heterocycles. The lowest BCUT2D eigenvalue weighted by Crippen LogP contribution is -2.41. The summed E-state index contributed by atoms with van der Waals surface area (Å²) in [6, 6.07) is 7.94. The molecule has 1 unspecified atom stereocenters. The number of benzene rings is 1. The molecule has 1 aliphatic rings. The fourth-order valence-corrected chi connectivity index (χ4v) is 3.59. The molecule has 19 heavy (non-hydrogen) atoms. The average molecular weight is 273 g/mol. The molecule has 0 aliphatic heterocycles. The molecule has 2 aromatic rings. The van der Waals surface area contributed by atoms with Crippen LogP contribution in [0.1, 0.15) is 29.7 Å². The molecule has 1 aliphatic carbocycles. The molecule has 0 bridgehead atoms. The van der Waals surface area contributed by atoms with E-state index in [-0.39, 0.29) is 0 Å². The Balaban J connectivity index is 2.09. The first-order valence-corrected chi connectivity index (χ1v) is 7.35. The number of rotatable bonds is 3. The zero-order valence-corrected chi connectivity index (χ0v) is 11.3. The van der Waals surface area contributed by atoms with E-state index in [0.717, 1.165) is 24.1 Å². The third-order valence-corrected chi connectivity index (χ3v) is 4.59. The molecular formula is C15H15NO2S. The third-order valence-electron chi connectivity index (χ3n) is 3.96. The number of carboxylic acids is 1. The van der Waals surface area contributed by atoms with Gasteiger partial charge in [0.25, 0.3) is 0 Å². The molecule has 98 valence electrons. The Hall–Kier alpha value is -1.68. The fourth-order valence-electron chi connectivity index (χ4n) is 3.04. The molecule has 0 saturated carbocycles. The minimum atomic E-state index is -0.803. The number of hydrogen-bond donors (Lipinski definition) is 1. The predicted octanol–water partition coefficient (Wildman–Crippen LogP) is 3.04. The first-order valence-electron chi connectivity index (χ1n) is 6.41. The molecular weight excluding hydrogens is 258 g/mol. The molecule has 0 radical (unpaired) electrons. The molecule has 0 spiro atoms. The summed E-state index contributed by atoms with van der Waals surface area (Å²) in [5, 5.41) is 11.8. The maximum atomic E-state index is 11.9. The zero-order valence-electron chi connectivity index (χ0n) is 10.5. The van der Waals surface area contributed by atoms with E-state index in [1.807, 2.05) is 29.6 Å². The van der Waals surface area contributed by atoms with Crippen LogP contribution in [0.2, 0.25) is 0 Å². The minimum absolute atomic E-state index is 0.489. The lowest BCUT2D eigenvalue weighted by molar-refractivity contribution is -0.144. The van der Waals surface area contributed by atoms with Crippen molar-refractivity contribution >= 4 is 17.3 Å². The molecule has 0 saturated heterocycles. The van der Waals surface area contributed by atoms with Gasteiger partial charge >= 0.3 is 5.97 Å². The molecule has 3 rings (SSSR count). The molecule has 4 heteroatoms. The van der Waals surface area contributed by atoms with Crippen LogP contribution in [-0.4, -0.2) is 16.1 Å². The number of carboxylic acid groups (broad SMARTS) is 1. The number of thiazole rings is 1. The number of carbonyl (C=O) groups is 1. The number of hydrogen-bond acceptors (Lipinski definition) is 3. The van der Waals surface area contributed by atoms with Crippen molar-refractivity contribution in [2.75, 3.05) is 0 Å². The summed E-state index contributed by atoms with van der Waals surface area (Å²) in [4.78, 5) is 16.2. The zero-order chi connectivity index (χ0) is 13.3. The Morgan fingerprint density at radius 1 is 1.42 bits per heavy atom. The standard InChI is InChI=1S/C15H15NO2S/c17-14(18)15(8-12-9-19-10-16-12)7-3-5-11-4-1-2-6-13(11)15/h1-2,4,6,9-10H,3,5,7-8H2,(H,17,18). The van der Waals surface area contributed by atoms with Gasteiger partial charge in [-0.15, -0.1) is 11.3 Å². The monoisotopic (exact) mass is 273 g/mol. The summed E-state index contributed by atoms with van der Waals surface area (Å²) in [7, 11) is 0. The van der Waals surface area contributed by atoms with E-state index in [1.54, 1.807) is 5.51 Å². The van der Waals surface area contributed by atoms with E-state index < -0.39 is 11.4 Å². The van der Waals surface area contributed by atoms with E-state index >= 15 is 0 Å². The van der Waals surface area contributed by atoms with Crippen molar-refractivity contribution in [3.63, 3.8) is 0 Å². The van der Waals surface area contributed by atoms with Crippen LogP contribution < -0.4 is 0 Å². The SMILES string of the molecule is O=C(O)C1(Cc2cscn2)CCCc2ccccc21. The lowest BCUT2D eigenvalue weighted by atomic mass is 9.67. The molecule has 1 aromatic heterocycles. The summed E-state index contributed by atoms with van der Waals surface area (Å²) in [5.74, 6) is -0.729. The van der Waals surface area contributed by atoms with Crippen molar-refractivity contribution in [3.8, 4) is 0 Å². The summed E-state index contributed by atoms with van der Waals surface area (Å²) in [5.41, 5.74) is 3.99. The Labute approximate surface area is 115 Å².